The molecule has 128 valence electrons. The van der Waals surface area contributed by atoms with Crippen molar-refractivity contribution in [2.24, 2.45) is 11.3 Å². The van der Waals surface area contributed by atoms with Gasteiger partial charge in [-0.2, -0.15) is 0 Å². The lowest BCUT2D eigenvalue weighted by Gasteiger charge is -2.32. The molecule has 8 heteroatoms. The van der Waals surface area contributed by atoms with Gasteiger partial charge in [0, 0.05) is 24.6 Å². The number of carbonyl (C=O) groups is 3. The summed E-state index contributed by atoms with van der Waals surface area (Å²) in [5, 5.41) is 35.3. The van der Waals surface area contributed by atoms with Gasteiger partial charge in [-0.3, -0.25) is 4.79 Å². The lowest BCUT2D eigenvalue weighted by Crippen LogP contribution is -2.40. The van der Waals surface area contributed by atoms with Gasteiger partial charge in [0.1, 0.15) is 0 Å². The second-order valence-electron chi connectivity index (χ2n) is 5.59. The van der Waals surface area contributed by atoms with Gasteiger partial charge in [0.2, 0.25) is 0 Å². The molecule has 0 radical (unpaired) electrons. The molecule has 1 amide bonds. The van der Waals surface area contributed by atoms with E-state index in [-0.39, 0.29) is 5.57 Å². The summed E-state index contributed by atoms with van der Waals surface area (Å²) in [5.41, 5.74) is -1.44. The van der Waals surface area contributed by atoms with E-state index in [2.05, 4.69) is 0 Å². The average Bonchev–Trinajstić information content (AvgIpc) is 3.01. The minimum absolute atomic E-state index is 0.0788. The molecule has 0 aromatic carbocycles. The van der Waals surface area contributed by atoms with E-state index in [0.717, 1.165) is 25.9 Å². The molecule has 2 aliphatic rings. The first-order valence-corrected chi connectivity index (χ1v) is 7.19. The first kappa shape index (κ1) is 18.7. The number of aliphatic hydroxyl groups excluding tert-OH is 1. The lowest BCUT2D eigenvalue weighted by atomic mass is 9.71. The normalized spacial score (nSPS) is 26.1. The topological polar surface area (TPSA) is 135 Å². The third-order valence-corrected chi connectivity index (χ3v) is 4.08. The van der Waals surface area contributed by atoms with E-state index in [0.29, 0.717) is 0 Å². The predicted molar refractivity (Wildman–Crippen MR) is 80.0 cm³/mol. The molecule has 0 aromatic heterocycles. The van der Waals surface area contributed by atoms with E-state index in [1.54, 1.807) is 0 Å². The van der Waals surface area contributed by atoms with Crippen LogP contribution >= 0.6 is 0 Å². The summed E-state index contributed by atoms with van der Waals surface area (Å²) in [4.78, 5) is 33.4. The number of aliphatic carboxylic acids is 2. The van der Waals surface area contributed by atoms with Crippen molar-refractivity contribution in [3.63, 3.8) is 0 Å². The summed E-state index contributed by atoms with van der Waals surface area (Å²) in [6.45, 7) is 2.35. The van der Waals surface area contributed by atoms with Crippen molar-refractivity contribution in [3.05, 3.63) is 23.8 Å². The fraction of sp³-hybridized carbons (Fsp3) is 0.533. The van der Waals surface area contributed by atoms with Gasteiger partial charge in [-0.25, -0.2) is 9.59 Å². The zero-order valence-electron chi connectivity index (χ0n) is 12.8. The predicted octanol–water partition coefficient (Wildman–Crippen LogP) is 1.03. The summed E-state index contributed by atoms with van der Waals surface area (Å²) in [6.07, 6.45) is 5.39. The summed E-state index contributed by atoms with van der Waals surface area (Å²) in [6, 6.07) is 0. The van der Waals surface area contributed by atoms with Gasteiger partial charge in [0.15, 0.2) is 0 Å². The van der Waals surface area contributed by atoms with Gasteiger partial charge in [0.25, 0.3) is 0 Å². The van der Waals surface area contributed by atoms with Crippen molar-refractivity contribution in [1.29, 1.82) is 0 Å². The van der Waals surface area contributed by atoms with Crippen LogP contribution in [0.5, 0.6) is 0 Å². The van der Waals surface area contributed by atoms with E-state index in [1.165, 1.54) is 30.1 Å². The van der Waals surface area contributed by atoms with Crippen molar-refractivity contribution in [1.82, 2.24) is 4.90 Å². The van der Waals surface area contributed by atoms with Gasteiger partial charge in [0.05, 0.1) is 12.0 Å². The molecule has 2 unspecified atom stereocenters. The standard InChI is InChI=1S/C10H12O5.C5H9NO2/c1-10(9(14)15)4-2-3-6(8(12)13)7(10)5-11;7-5(8)6-3-1-2-4-6/h2-4,7,11H,5H2,1H3,(H,12,13)(H,14,15);1-4H2,(H,7,8). The highest BCUT2D eigenvalue weighted by atomic mass is 16.4. The zero-order valence-corrected chi connectivity index (χ0v) is 12.8. The molecule has 1 heterocycles. The van der Waals surface area contributed by atoms with E-state index in [4.69, 9.17) is 20.4 Å². The fourth-order valence-electron chi connectivity index (χ4n) is 2.54. The van der Waals surface area contributed by atoms with Crippen molar-refractivity contribution >= 4 is 18.0 Å². The van der Waals surface area contributed by atoms with Gasteiger partial charge in [-0.15, -0.1) is 0 Å². The maximum absolute atomic E-state index is 11.0. The number of hydrogen-bond donors (Lipinski definition) is 4. The molecule has 0 saturated carbocycles. The van der Waals surface area contributed by atoms with Gasteiger partial charge in [-0.1, -0.05) is 18.2 Å². The number of aliphatic hydroxyl groups is 1. The van der Waals surface area contributed by atoms with Crippen molar-refractivity contribution in [3.8, 4) is 0 Å². The summed E-state index contributed by atoms with van der Waals surface area (Å²) >= 11 is 0. The molecule has 23 heavy (non-hydrogen) atoms. The molecule has 8 nitrogen and oxygen atoms in total. The Hall–Kier alpha value is -2.35. The molecule has 0 spiro atoms. The van der Waals surface area contributed by atoms with Crippen molar-refractivity contribution in [2.45, 2.75) is 19.8 Å². The van der Waals surface area contributed by atoms with Gasteiger partial charge < -0.3 is 25.3 Å². The molecular weight excluding hydrogens is 306 g/mol. The van der Waals surface area contributed by atoms with Crippen LogP contribution in [0, 0.1) is 11.3 Å². The molecule has 1 aliphatic heterocycles. The Bertz CT molecular complexity index is 534. The third kappa shape index (κ3) is 4.32. The summed E-state index contributed by atoms with van der Waals surface area (Å²) < 4.78 is 0. The van der Waals surface area contributed by atoms with E-state index in [9.17, 15) is 14.4 Å². The molecule has 2 rings (SSSR count). The molecule has 0 bridgehead atoms. The van der Waals surface area contributed by atoms with Gasteiger partial charge in [-0.05, 0) is 19.8 Å². The number of likely N-dealkylation sites (tertiary alicyclic amines) is 1. The first-order valence-electron chi connectivity index (χ1n) is 7.19. The van der Waals surface area contributed by atoms with Crippen molar-refractivity contribution in [2.75, 3.05) is 19.7 Å². The third-order valence-electron chi connectivity index (χ3n) is 4.08. The highest BCUT2D eigenvalue weighted by molar-refractivity contribution is 5.91. The average molecular weight is 327 g/mol. The minimum atomic E-state index is -1.36. The lowest BCUT2D eigenvalue weighted by molar-refractivity contribution is -0.148. The quantitative estimate of drug-likeness (QED) is 0.608. The molecule has 1 fully saturated rings. The second kappa shape index (κ2) is 7.77. The fourth-order valence-corrected chi connectivity index (χ4v) is 2.54. The molecule has 1 saturated heterocycles. The summed E-state index contributed by atoms with van der Waals surface area (Å²) in [5.74, 6) is -3.27. The van der Waals surface area contributed by atoms with Gasteiger partial charge >= 0.3 is 18.0 Å². The molecule has 4 N–H and O–H groups in total. The highest BCUT2D eigenvalue weighted by Crippen LogP contribution is 2.37. The van der Waals surface area contributed by atoms with Crippen LogP contribution in [-0.4, -0.2) is 63.1 Å². The number of allylic oxidation sites excluding steroid dienone is 2. The van der Waals surface area contributed by atoms with Crippen LogP contribution < -0.4 is 0 Å². The second-order valence-corrected chi connectivity index (χ2v) is 5.59. The Balaban J connectivity index is 0.000000277. The van der Waals surface area contributed by atoms with E-state index in [1.807, 2.05) is 0 Å². The highest BCUT2D eigenvalue weighted by Gasteiger charge is 2.44. The smallest absolute Gasteiger partial charge is 0.407 e. The van der Waals surface area contributed by atoms with Crippen molar-refractivity contribution < 1.29 is 34.8 Å². The number of carboxylic acid groups (broad SMARTS) is 3. The van der Waals surface area contributed by atoms with Crippen LogP contribution in [0.2, 0.25) is 0 Å². The Labute approximate surface area is 133 Å². The molecule has 0 aromatic rings. The number of carboxylic acids is 2. The Morgan fingerprint density at radius 1 is 1.22 bits per heavy atom. The van der Waals surface area contributed by atoms with Crippen LogP contribution in [0.15, 0.2) is 23.8 Å². The van der Waals surface area contributed by atoms with E-state index < -0.39 is 36.0 Å². The molecule has 1 aliphatic carbocycles. The van der Waals surface area contributed by atoms with Crippen LogP contribution in [-0.2, 0) is 9.59 Å². The monoisotopic (exact) mass is 327 g/mol. The van der Waals surface area contributed by atoms with Crippen LogP contribution in [0.4, 0.5) is 4.79 Å². The van der Waals surface area contributed by atoms with Crippen LogP contribution in [0.3, 0.4) is 0 Å². The number of amides is 1. The SMILES string of the molecule is CC1(C(=O)O)C=CC=C(C(=O)O)C1CO.O=C(O)N1CCCC1. The maximum Gasteiger partial charge on any atom is 0.407 e. The Morgan fingerprint density at radius 2 is 1.78 bits per heavy atom. The first-order chi connectivity index (χ1) is 10.7. The zero-order chi connectivity index (χ0) is 17.6. The Kier molecular flexibility index (Phi) is 6.32. The molecular formula is C15H21NO7. The largest absolute Gasteiger partial charge is 0.481 e. The van der Waals surface area contributed by atoms with Crippen LogP contribution in [0.1, 0.15) is 19.8 Å². The maximum atomic E-state index is 11.0. The summed E-state index contributed by atoms with van der Waals surface area (Å²) in [7, 11) is 0. The number of rotatable bonds is 3. The van der Waals surface area contributed by atoms with E-state index >= 15 is 0 Å². The number of hydrogen-bond acceptors (Lipinski definition) is 4. The van der Waals surface area contributed by atoms with Crippen LogP contribution in [0.25, 0.3) is 0 Å². The molecule has 2 atom stereocenters. The Morgan fingerprint density at radius 3 is 2.13 bits per heavy atom. The minimum Gasteiger partial charge on any atom is -0.481 e. The number of nitrogens with zero attached hydrogens (tertiary/aromatic N) is 1.